The summed E-state index contributed by atoms with van der Waals surface area (Å²) < 4.78 is 0. The fraction of sp³-hybridized carbons (Fsp3) is 0.952. The molecular formula is C21H42O3. The number of hydrogen-bond donors (Lipinski definition) is 2. The summed E-state index contributed by atoms with van der Waals surface area (Å²) in [6.45, 7) is 4.38. The van der Waals surface area contributed by atoms with Gasteiger partial charge in [-0.25, -0.2) is 0 Å². The maximum Gasteiger partial charge on any atom is 0.306 e. The van der Waals surface area contributed by atoms with E-state index in [0.29, 0.717) is 12.8 Å². The van der Waals surface area contributed by atoms with Gasteiger partial charge in [0, 0.05) is 0 Å². The van der Waals surface area contributed by atoms with Gasteiger partial charge in [0.25, 0.3) is 0 Å². The minimum Gasteiger partial charge on any atom is -0.481 e. The standard InChI is InChI=1S/C21H42O3/c1-3-5-7-8-9-10-11-12-13-14-16-18-21(24,19-20(22)23)17-15-6-4-2/h24H,3-19H2,1-2H3,(H,22,23). The molecule has 0 saturated heterocycles. The van der Waals surface area contributed by atoms with Gasteiger partial charge in [0.15, 0.2) is 0 Å². The zero-order valence-corrected chi connectivity index (χ0v) is 16.3. The lowest BCUT2D eigenvalue weighted by atomic mass is 9.87. The highest BCUT2D eigenvalue weighted by Gasteiger charge is 2.28. The van der Waals surface area contributed by atoms with Crippen molar-refractivity contribution in [2.24, 2.45) is 0 Å². The van der Waals surface area contributed by atoms with Crippen molar-refractivity contribution in [2.45, 2.75) is 129 Å². The summed E-state index contributed by atoms with van der Waals surface area (Å²) >= 11 is 0. The number of carboxylic acid groups (broad SMARTS) is 1. The summed E-state index contributed by atoms with van der Waals surface area (Å²) in [5, 5.41) is 19.6. The molecule has 0 aliphatic carbocycles. The van der Waals surface area contributed by atoms with Crippen molar-refractivity contribution in [1.82, 2.24) is 0 Å². The highest BCUT2D eigenvalue weighted by atomic mass is 16.4. The van der Waals surface area contributed by atoms with Gasteiger partial charge in [-0.1, -0.05) is 104 Å². The summed E-state index contributed by atoms with van der Waals surface area (Å²) in [4.78, 5) is 11.0. The Balaban J connectivity index is 3.66. The van der Waals surface area contributed by atoms with E-state index in [2.05, 4.69) is 13.8 Å². The molecule has 2 N–H and O–H groups in total. The Morgan fingerprint density at radius 3 is 1.42 bits per heavy atom. The van der Waals surface area contributed by atoms with Gasteiger partial charge in [-0.2, -0.15) is 0 Å². The second-order valence-electron chi connectivity index (χ2n) is 7.54. The van der Waals surface area contributed by atoms with Crippen molar-refractivity contribution in [1.29, 1.82) is 0 Å². The van der Waals surface area contributed by atoms with Crippen molar-refractivity contribution in [3.05, 3.63) is 0 Å². The normalized spacial score (nSPS) is 13.8. The number of aliphatic carboxylic acids is 1. The Labute approximate surface area is 150 Å². The third-order valence-electron chi connectivity index (χ3n) is 4.97. The first-order valence-electron chi connectivity index (χ1n) is 10.5. The molecule has 0 spiro atoms. The van der Waals surface area contributed by atoms with E-state index in [-0.39, 0.29) is 6.42 Å². The molecule has 0 saturated carbocycles. The minimum atomic E-state index is -0.986. The third-order valence-corrected chi connectivity index (χ3v) is 4.97. The highest BCUT2D eigenvalue weighted by Crippen LogP contribution is 2.26. The summed E-state index contributed by atoms with van der Waals surface area (Å²) in [5.74, 6) is -0.878. The van der Waals surface area contributed by atoms with Crippen LogP contribution < -0.4 is 0 Å². The number of rotatable bonds is 18. The van der Waals surface area contributed by atoms with Crippen LogP contribution in [-0.2, 0) is 4.79 Å². The van der Waals surface area contributed by atoms with E-state index < -0.39 is 11.6 Å². The zero-order chi connectivity index (χ0) is 18.1. The van der Waals surface area contributed by atoms with Crippen LogP contribution in [0.5, 0.6) is 0 Å². The smallest absolute Gasteiger partial charge is 0.306 e. The predicted octanol–water partition coefficient (Wildman–Crippen LogP) is 6.47. The number of carboxylic acids is 1. The summed E-state index contributed by atoms with van der Waals surface area (Å²) in [6.07, 6.45) is 18.3. The van der Waals surface area contributed by atoms with E-state index in [1.54, 1.807) is 0 Å². The Morgan fingerprint density at radius 2 is 1.00 bits per heavy atom. The van der Waals surface area contributed by atoms with Crippen LogP contribution in [0, 0.1) is 0 Å². The van der Waals surface area contributed by atoms with Crippen molar-refractivity contribution in [3.63, 3.8) is 0 Å². The monoisotopic (exact) mass is 342 g/mol. The largest absolute Gasteiger partial charge is 0.481 e. The van der Waals surface area contributed by atoms with Crippen LogP contribution in [0.25, 0.3) is 0 Å². The van der Waals surface area contributed by atoms with Gasteiger partial charge in [-0.3, -0.25) is 4.79 Å². The second-order valence-corrected chi connectivity index (χ2v) is 7.54. The van der Waals surface area contributed by atoms with Gasteiger partial charge in [0.2, 0.25) is 0 Å². The average molecular weight is 343 g/mol. The molecule has 0 radical (unpaired) electrons. The fourth-order valence-corrected chi connectivity index (χ4v) is 3.41. The van der Waals surface area contributed by atoms with Crippen LogP contribution in [-0.4, -0.2) is 21.8 Å². The van der Waals surface area contributed by atoms with Crippen molar-refractivity contribution >= 4 is 5.97 Å². The highest BCUT2D eigenvalue weighted by molar-refractivity contribution is 5.68. The summed E-state index contributed by atoms with van der Waals surface area (Å²) in [5.41, 5.74) is -0.986. The molecule has 0 aliphatic rings. The first kappa shape index (κ1) is 23.4. The maximum absolute atomic E-state index is 11.0. The second kappa shape index (κ2) is 15.9. The number of hydrogen-bond acceptors (Lipinski definition) is 2. The van der Waals surface area contributed by atoms with Gasteiger partial charge in [-0.15, -0.1) is 0 Å². The van der Waals surface area contributed by atoms with Crippen LogP contribution in [0.2, 0.25) is 0 Å². The van der Waals surface area contributed by atoms with Gasteiger partial charge < -0.3 is 10.2 Å². The molecule has 0 aromatic rings. The van der Waals surface area contributed by atoms with E-state index in [4.69, 9.17) is 5.11 Å². The lowest BCUT2D eigenvalue weighted by molar-refractivity contribution is -0.143. The van der Waals surface area contributed by atoms with Crippen LogP contribution in [0.4, 0.5) is 0 Å². The van der Waals surface area contributed by atoms with E-state index >= 15 is 0 Å². The van der Waals surface area contributed by atoms with Gasteiger partial charge in [0.1, 0.15) is 0 Å². The molecule has 0 heterocycles. The van der Waals surface area contributed by atoms with Crippen molar-refractivity contribution in [3.8, 4) is 0 Å². The molecule has 144 valence electrons. The van der Waals surface area contributed by atoms with Gasteiger partial charge >= 0.3 is 5.97 Å². The van der Waals surface area contributed by atoms with Gasteiger partial charge in [0.05, 0.1) is 12.0 Å². The summed E-state index contributed by atoms with van der Waals surface area (Å²) in [7, 11) is 0. The van der Waals surface area contributed by atoms with E-state index in [1.807, 2.05) is 0 Å². The third kappa shape index (κ3) is 15.0. The van der Waals surface area contributed by atoms with Crippen LogP contribution in [0.3, 0.4) is 0 Å². The average Bonchev–Trinajstić information content (AvgIpc) is 2.52. The zero-order valence-electron chi connectivity index (χ0n) is 16.3. The molecule has 0 amide bonds. The Kier molecular flexibility index (Phi) is 15.6. The minimum absolute atomic E-state index is 0.103. The van der Waals surface area contributed by atoms with E-state index in [1.165, 1.54) is 57.8 Å². The quantitative estimate of drug-likeness (QED) is 0.280. The predicted molar refractivity (Wildman–Crippen MR) is 102 cm³/mol. The van der Waals surface area contributed by atoms with Crippen LogP contribution in [0.15, 0.2) is 0 Å². The maximum atomic E-state index is 11.0. The molecule has 3 nitrogen and oxygen atoms in total. The molecule has 0 aromatic carbocycles. The molecule has 1 unspecified atom stereocenters. The van der Waals surface area contributed by atoms with Crippen molar-refractivity contribution < 1.29 is 15.0 Å². The molecule has 0 rings (SSSR count). The Hall–Kier alpha value is -0.570. The number of aliphatic hydroxyl groups is 1. The molecule has 3 heteroatoms. The molecule has 0 aromatic heterocycles. The Bertz CT molecular complexity index is 291. The van der Waals surface area contributed by atoms with Crippen molar-refractivity contribution in [2.75, 3.05) is 0 Å². The summed E-state index contributed by atoms with van der Waals surface area (Å²) in [6, 6.07) is 0. The molecule has 0 fully saturated rings. The van der Waals surface area contributed by atoms with Gasteiger partial charge in [-0.05, 0) is 12.8 Å². The lowest BCUT2D eigenvalue weighted by Crippen LogP contribution is -2.31. The first-order valence-corrected chi connectivity index (χ1v) is 10.5. The lowest BCUT2D eigenvalue weighted by Gasteiger charge is -2.26. The molecule has 0 aliphatic heterocycles. The van der Waals surface area contributed by atoms with E-state index in [9.17, 15) is 9.90 Å². The topological polar surface area (TPSA) is 57.5 Å². The van der Waals surface area contributed by atoms with Crippen LogP contribution >= 0.6 is 0 Å². The first-order chi connectivity index (χ1) is 11.5. The Morgan fingerprint density at radius 1 is 0.667 bits per heavy atom. The molecule has 24 heavy (non-hydrogen) atoms. The number of carbonyl (C=O) groups is 1. The molecule has 0 bridgehead atoms. The number of unbranched alkanes of at least 4 members (excludes halogenated alkanes) is 12. The van der Waals surface area contributed by atoms with E-state index in [0.717, 1.165) is 32.1 Å². The molecule has 1 atom stereocenters. The van der Waals surface area contributed by atoms with Crippen LogP contribution in [0.1, 0.15) is 123 Å². The SMILES string of the molecule is CCCCCCCCCCCCCC(O)(CCCCC)CC(=O)O. The fourth-order valence-electron chi connectivity index (χ4n) is 3.41. The molecular weight excluding hydrogens is 300 g/mol.